The molecule has 0 radical (unpaired) electrons. The molecule has 0 aliphatic rings. The monoisotopic (exact) mass is 279 g/mol. The second kappa shape index (κ2) is 6.94. The molecule has 0 aliphatic heterocycles. The van der Waals surface area contributed by atoms with Gasteiger partial charge in [0, 0.05) is 18.1 Å². The minimum atomic E-state index is 0.378. The minimum absolute atomic E-state index is 0.378. The van der Waals surface area contributed by atoms with Crippen LogP contribution in [-0.2, 0) is 6.61 Å². The van der Waals surface area contributed by atoms with Crippen molar-refractivity contribution in [3.8, 4) is 11.5 Å². The van der Waals surface area contributed by atoms with Crippen molar-refractivity contribution in [1.82, 2.24) is 9.59 Å². The molecular weight excluding hydrogens is 262 g/mol. The van der Waals surface area contributed by atoms with Crippen molar-refractivity contribution >= 4 is 16.5 Å². The third-order valence-electron chi connectivity index (χ3n) is 2.41. The normalized spacial score (nSPS) is 10.2. The number of hydrogen-bond acceptors (Lipinski definition) is 6. The first-order valence-corrected chi connectivity index (χ1v) is 7.02. The molecule has 0 unspecified atom stereocenters. The van der Waals surface area contributed by atoms with E-state index in [4.69, 9.17) is 9.47 Å². The van der Waals surface area contributed by atoms with Gasteiger partial charge in [0.05, 0.1) is 6.61 Å². The number of ether oxygens (including phenoxy) is 2. The van der Waals surface area contributed by atoms with Crippen LogP contribution in [0.3, 0.4) is 0 Å². The predicted molar refractivity (Wildman–Crippen MR) is 76.0 cm³/mol. The molecule has 102 valence electrons. The van der Waals surface area contributed by atoms with Crippen molar-refractivity contribution in [3.63, 3.8) is 0 Å². The smallest absolute Gasteiger partial charge is 0.161 e. The lowest BCUT2D eigenvalue weighted by Crippen LogP contribution is -2.03. The second-order valence-electron chi connectivity index (χ2n) is 3.75. The van der Waals surface area contributed by atoms with E-state index in [1.807, 2.05) is 38.1 Å². The van der Waals surface area contributed by atoms with Crippen molar-refractivity contribution in [3.05, 3.63) is 30.0 Å². The molecule has 2 rings (SSSR count). The van der Waals surface area contributed by atoms with Crippen LogP contribution in [0.15, 0.2) is 24.3 Å². The van der Waals surface area contributed by atoms with Crippen molar-refractivity contribution < 1.29 is 9.47 Å². The van der Waals surface area contributed by atoms with Crippen LogP contribution < -0.4 is 14.8 Å². The maximum absolute atomic E-state index is 5.76. The van der Waals surface area contributed by atoms with Crippen LogP contribution in [0, 0.1) is 0 Å². The highest BCUT2D eigenvalue weighted by atomic mass is 32.1. The number of nitrogens with zero attached hydrogens (tertiary/aromatic N) is 2. The first-order chi connectivity index (χ1) is 9.35. The number of benzene rings is 1. The van der Waals surface area contributed by atoms with Crippen molar-refractivity contribution in [2.45, 2.75) is 20.5 Å². The molecule has 0 amide bonds. The van der Waals surface area contributed by atoms with Crippen LogP contribution >= 0.6 is 11.5 Å². The Kier molecular flexibility index (Phi) is 4.97. The lowest BCUT2D eigenvalue weighted by Gasteiger charge is -2.11. The third kappa shape index (κ3) is 3.57. The zero-order valence-corrected chi connectivity index (χ0v) is 11.9. The predicted octanol–water partition coefficient (Wildman–Crippen LogP) is 2.95. The summed E-state index contributed by atoms with van der Waals surface area (Å²) >= 11 is 1.34. The highest BCUT2D eigenvalue weighted by molar-refractivity contribution is 7.10. The third-order valence-corrected chi connectivity index (χ3v) is 3.13. The molecular formula is C13H17N3O2S. The van der Waals surface area contributed by atoms with E-state index in [0.29, 0.717) is 13.2 Å². The van der Waals surface area contributed by atoms with E-state index in [1.54, 1.807) is 0 Å². The fourth-order valence-electron chi connectivity index (χ4n) is 1.59. The van der Waals surface area contributed by atoms with Gasteiger partial charge in [-0.05, 0) is 26.0 Å². The van der Waals surface area contributed by atoms with E-state index in [0.717, 1.165) is 28.7 Å². The van der Waals surface area contributed by atoms with Crippen molar-refractivity contribution in [1.29, 1.82) is 0 Å². The van der Waals surface area contributed by atoms with Crippen LogP contribution in [-0.4, -0.2) is 22.7 Å². The molecule has 0 saturated carbocycles. The Morgan fingerprint density at radius 3 is 2.58 bits per heavy atom. The Hall–Kier alpha value is -1.82. The molecule has 6 heteroatoms. The number of rotatable bonds is 7. The van der Waals surface area contributed by atoms with E-state index >= 15 is 0 Å². The van der Waals surface area contributed by atoms with Crippen molar-refractivity contribution in [2.24, 2.45) is 0 Å². The maximum atomic E-state index is 5.76. The molecule has 0 fully saturated rings. The Balaban J connectivity index is 2.03. The molecule has 0 saturated heterocycles. The number of anilines is 1. The molecule has 0 spiro atoms. The molecule has 1 heterocycles. The number of para-hydroxylation sites is 2. The fraction of sp³-hybridized carbons (Fsp3) is 0.385. The summed E-state index contributed by atoms with van der Waals surface area (Å²) in [5.74, 6) is 1.47. The van der Waals surface area contributed by atoms with E-state index in [2.05, 4.69) is 14.9 Å². The van der Waals surface area contributed by atoms with Gasteiger partial charge >= 0.3 is 0 Å². The van der Waals surface area contributed by atoms with Crippen LogP contribution in [0.4, 0.5) is 5.00 Å². The summed E-state index contributed by atoms with van der Waals surface area (Å²) in [6, 6.07) is 7.62. The molecule has 19 heavy (non-hydrogen) atoms. The van der Waals surface area contributed by atoms with Crippen LogP contribution in [0.25, 0.3) is 0 Å². The van der Waals surface area contributed by atoms with E-state index in [1.165, 1.54) is 11.5 Å². The van der Waals surface area contributed by atoms with Gasteiger partial charge < -0.3 is 14.8 Å². The maximum Gasteiger partial charge on any atom is 0.161 e. The van der Waals surface area contributed by atoms with Gasteiger partial charge in [0.1, 0.15) is 17.3 Å². The lowest BCUT2D eigenvalue weighted by atomic mass is 10.3. The van der Waals surface area contributed by atoms with Gasteiger partial charge in [-0.15, -0.1) is 5.10 Å². The number of hydrogen-bond donors (Lipinski definition) is 1. The topological polar surface area (TPSA) is 56.3 Å². The van der Waals surface area contributed by atoms with Crippen LogP contribution in [0.2, 0.25) is 0 Å². The van der Waals surface area contributed by atoms with Gasteiger partial charge in [-0.3, -0.25) is 0 Å². The first-order valence-electron chi connectivity index (χ1n) is 6.24. The van der Waals surface area contributed by atoms with Gasteiger partial charge in [0.15, 0.2) is 11.5 Å². The summed E-state index contributed by atoms with van der Waals surface area (Å²) < 4.78 is 15.2. The highest BCUT2D eigenvalue weighted by Gasteiger charge is 2.09. The van der Waals surface area contributed by atoms with E-state index < -0.39 is 0 Å². The molecule has 5 nitrogen and oxygen atoms in total. The summed E-state index contributed by atoms with van der Waals surface area (Å²) in [5, 5.41) is 8.24. The largest absolute Gasteiger partial charge is 0.490 e. The molecule has 1 aromatic heterocycles. The fourth-order valence-corrected chi connectivity index (χ4v) is 2.22. The van der Waals surface area contributed by atoms with Crippen LogP contribution in [0.5, 0.6) is 11.5 Å². The summed E-state index contributed by atoms with van der Waals surface area (Å²) in [7, 11) is 0. The van der Waals surface area contributed by atoms with Gasteiger partial charge in [-0.25, -0.2) is 0 Å². The summed E-state index contributed by atoms with van der Waals surface area (Å²) in [6.07, 6.45) is 0. The zero-order chi connectivity index (χ0) is 13.5. The van der Waals surface area contributed by atoms with E-state index in [9.17, 15) is 0 Å². The lowest BCUT2D eigenvalue weighted by molar-refractivity contribution is 0.267. The molecule has 2 aromatic rings. The van der Waals surface area contributed by atoms with Crippen LogP contribution in [0.1, 0.15) is 19.5 Å². The zero-order valence-electron chi connectivity index (χ0n) is 11.0. The highest BCUT2D eigenvalue weighted by Crippen LogP contribution is 2.28. The Morgan fingerprint density at radius 1 is 1.16 bits per heavy atom. The molecule has 0 bridgehead atoms. The van der Waals surface area contributed by atoms with Gasteiger partial charge in [0.25, 0.3) is 0 Å². The molecule has 1 N–H and O–H groups in total. The summed E-state index contributed by atoms with van der Waals surface area (Å²) in [4.78, 5) is 0. The summed E-state index contributed by atoms with van der Waals surface area (Å²) in [6.45, 7) is 5.82. The SMILES string of the molecule is CCNc1snnc1COc1ccccc1OCC. The Bertz CT molecular complexity index is 516. The van der Waals surface area contributed by atoms with E-state index in [-0.39, 0.29) is 0 Å². The first kappa shape index (κ1) is 13.6. The van der Waals surface area contributed by atoms with Gasteiger partial charge in [0.2, 0.25) is 0 Å². The number of aromatic nitrogens is 2. The van der Waals surface area contributed by atoms with Gasteiger partial charge in [-0.2, -0.15) is 0 Å². The van der Waals surface area contributed by atoms with Crippen molar-refractivity contribution in [2.75, 3.05) is 18.5 Å². The minimum Gasteiger partial charge on any atom is -0.490 e. The number of nitrogens with one attached hydrogen (secondary N) is 1. The Morgan fingerprint density at radius 2 is 1.89 bits per heavy atom. The molecule has 0 atom stereocenters. The molecule has 1 aromatic carbocycles. The quantitative estimate of drug-likeness (QED) is 0.844. The molecule has 0 aliphatic carbocycles. The summed E-state index contributed by atoms with van der Waals surface area (Å²) in [5.41, 5.74) is 0.818. The second-order valence-corrected chi connectivity index (χ2v) is 4.50. The Labute approximate surface area is 116 Å². The average molecular weight is 279 g/mol. The van der Waals surface area contributed by atoms with Gasteiger partial charge in [-0.1, -0.05) is 16.6 Å². The standard InChI is InChI=1S/C13H17N3O2S/c1-3-14-13-10(15-16-19-13)9-18-12-8-6-5-7-11(12)17-4-2/h5-8,14H,3-4,9H2,1-2H3. The average Bonchev–Trinajstić information content (AvgIpc) is 2.86.